The second-order valence-electron chi connectivity index (χ2n) is 7.10. The van der Waals surface area contributed by atoms with Gasteiger partial charge in [-0.15, -0.1) is 0 Å². The Morgan fingerprint density at radius 3 is 2.44 bits per heavy atom. The number of imide groups is 1. The van der Waals surface area contributed by atoms with E-state index in [2.05, 4.69) is 4.90 Å². The highest BCUT2D eigenvalue weighted by atomic mass is 19.2. The number of benzene rings is 1. The molecule has 3 amide bonds. The summed E-state index contributed by atoms with van der Waals surface area (Å²) >= 11 is 0. The summed E-state index contributed by atoms with van der Waals surface area (Å²) in [5.74, 6) is -1.71. The lowest BCUT2D eigenvalue weighted by Gasteiger charge is -2.35. The summed E-state index contributed by atoms with van der Waals surface area (Å²) in [4.78, 5) is 30.3. The molecule has 3 heterocycles. The maximum atomic E-state index is 13.3. The van der Waals surface area contributed by atoms with Crippen molar-refractivity contribution in [3.05, 3.63) is 35.4 Å². The number of amides is 3. The number of hydrogen-bond donors (Lipinski definition) is 0. The highest BCUT2D eigenvalue weighted by Gasteiger charge is 2.49. The normalized spacial score (nSPS) is 25.1. The monoisotopic (exact) mass is 349 g/mol. The predicted molar refractivity (Wildman–Crippen MR) is 86.6 cm³/mol. The Kier molecular flexibility index (Phi) is 4.19. The molecule has 3 aliphatic rings. The molecule has 5 nitrogen and oxygen atoms in total. The van der Waals surface area contributed by atoms with Crippen molar-refractivity contribution >= 4 is 11.9 Å². The molecule has 0 radical (unpaired) electrons. The van der Waals surface area contributed by atoms with Gasteiger partial charge >= 0.3 is 6.03 Å². The van der Waals surface area contributed by atoms with E-state index in [-0.39, 0.29) is 24.0 Å². The molecule has 25 heavy (non-hydrogen) atoms. The van der Waals surface area contributed by atoms with E-state index in [9.17, 15) is 18.4 Å². The lowest BCUT2D eigenvalue weighted by atomic mass is 10.0. The van der Waals surface area contributed by atoms with Gasteiger partial charge in [-0.2, -0.15) is 0 Å². The molecule has 3 aliphatic heterocycles. The van der Waals surface area contributed by atoms with E-state index in [0.29, 0.717) is 13.1 Å². The van der Waals surface area contributed by atoms with Gasteiger partial charge in [0, 0.05) is 32.2 Å². The molecular formula is C18H21F2N3O2. The molecule has 0 saturated carbocycles. The number of hydrogen-bond acceptors (Lipinski definition) is 3. The number of fused-ring (bicyclic) bond motifs is 1. The van der Waals surface area contributed by atoms with Gasteiger partial charge < -0.3 is 4.90 Å². The second-order valence-corrected chi connectivity index (χ2v) is 7.10. The van der Waals surface area contributed by atoms with Gasteiger partial charge in [0.25, 0.3) is 5.91 Å². The van der Waals surface area contributed by atoms with Crippen molar-refractivity contribution in [1.82, 2.24) is 14.7 Å². The Morgan fingerprint density at radius 1 is 1.00 bits per heavy atom. The fourth-order valence-corrected chi connectivity index (χ4v) is 4.21. The third-order valence-corrected chi connectivity index (χ3v) is 5.54. The standard InChI is InChI=1S/C18H21F2N3O2/c19-14-4-3-12(10-15(14)20)11-21-8-5-13(6-9-21)23-17(24)16-2-1-7-22(16)18(23)25/h3-4,10,13,16H,1-2,5-9,11H2/t16-/m1/s1. The Hall–Kier alpha value is -2.02. The van der Waals surface area contributed by atoms with Crippen molar-refractivity contribution in [1.29, 1.82) is 0 Å². The van der Waals surface area contributed by atoms with Gasteiger partial charge in [0.15, 0.2) is 11.6 Å². The van der Waals surface area contributed by atoms with E-state index in [1.807, 2.05) is 0 Å². The third kappa shape index (κ3) is 2.90. The fourth-order valence-electron chi connectivity index (χ4n) is 4.21. The van der Waals surface area contributed by atoms with Crippen molar-refractivity contribution in [2.45, 2.75) is 44.3 Å². The first-order valence-electron chi connectivity index (χ1n) is 8.84. The molecule has 1 atom stereocenters. The summed E-state index contributed by atoms with van der Waals surface area (Å²) in [6.45, 7) is 2.68. The van der Waals surface area contributed by atoms with Gasteiger partial charge in [-0.1, -0.05) is 6.07 Å². The molecule has 0 bridgehead atoms. The first kappa shape index (κ1) is 16.4. The van der Waals surface area contributed by atoms with Crippen LogP contribution in [0.3, 0.4) is 0 Å². The van der Waals surface area contributed by atoms with E-state index in [0.717, 1.165) is 50.4 Å². The second kappa shape index (κ2) is 6.37. The maximum Gasteiger partial charge on any atom is 0.327 e. The molecule has 4 rings (SSSR count). The highest BCUT2D eigenvalue weighted by molar-refractivity contribution is 6.04. The molecule has 1 aromatic rings. The molecule has 0 spiro atoms. The van der Waals surface area contributed by atoms with E-state index in [4.69, 9.17) is 0 Å². The first-order chi connectivity index (χ1) is 12.0. The zero-order valence-corrected chi connectivity index (χ0v) is 14.0. The van der Waals surface area contributed by atoms with Crippen molar-refractivity contribution in [2.24, 2.45) is 0 Å². The van der Waals surface area contributed by atoms with Crippen LogP contribution in [0, 0.1) is 11.6 Å². The van der Waals surface area contributed by atoms with Crippen LogP contribution in [0.2, 0.25) is 0 Å². The molecule has 134 valence electrons. The summed E-state index contributed by atoms with van der Waals surface area (Å²) in [5.41, 5.74) is 0.728. The number of halogens is 2. The van der Waals surface area contributed by atoms with E-state index >= 15 is 0 Å². The molecule has 0 aliphatic carbocycles. The zero-order valence-electron chi connectivity index (χ0n) is 14.0. The Morgan fingerprint density at radius 2 is 1.76 bits per heavy atom. The van der Waals surface area contributed by atoms with Crippen molar-refractivity contribution < 1.29 is 18.4 Å². The van der Waals surface area contributed by atoms with Crippen LogP contribution in [0.15, 0.2) is 18.2 Å². The van der Waals surface area contributed by atoms with Crippen LogP contribution < -0.4 is 0 Å². The average molecular weight is 349 g/mol. The number of piperidine rings is 1. The van der Waals surface area contributed by atoms with Gasteiger partial charge in [0.1, 0.15) is 6.04 Å². The van der Waals surface area contributed by atoms with Crippen LogP contribution in [0.1, 0.15) is 31.2 Å². The molecule has 0 N–H and O–H groups in total. The van der Waals surface area contributed by atoms with E-state index in [1.165, 1.54) is 11.0 Å². The topological polar surface area (TPSA) is 43.9 Å². The Balaban J connectivity index is 1.36. The summed E-state index contributed by atoms with van der Waals surface area (Å²) in [6, 6.07) is 3.54. The quantitative estimate of drug-likeness (QED) is 0.787. The van der Waals surface area contributed by atoms with Crippen LogP contribution >= 0.6 is 0 Å². The van der Waals surface area contributed by atoms with Gasteiger partial charge in [-0.05, 0) is 43.4 Å². The smallest absolute Gasteiger partial charge is 0.312 e. The average Bonchev–Trinajstić information content (AvgIpc) is 3.17. The predicted octanol–water partition coefficient (Wildman–Crippen LogP) is 2.36. The zero-order chi connectivity index (χ0) is 17.6. The van der Waals surface area contributed by atoms with Crippen LogP contribution in [0.4, 0.5) is 13.6 Å². The SMILES string of the molecule is O=C1[C@H]2CCCN2C(=O)N1C1CCN(Cc2ccc(F)c(F)c2)CC1. The number of carbonyl (C=O) groups is 2. The molecule has 3 saturated heterocycles. The van der Waals surface area contributed by atoms with Crippen LogP contribution in [-0.4, -0.2) is 58.4 Å². The minimum atomic E-state index is -0.839. The summed E-state index contributed by atoms with van der Waals surface area (Å²) < 4.78 is 26.3. The Labute approximate surface area is 145 Å². The number of urea groups is 1. The number of nitrogens with zero attached hydrogens (tertiary/aromatic N) is 3. The number of carbonyl (C=O) groups excluding carboxylic acids is 2. The van der Waals surface area contributed by atoms with Gasteiger partial charge in [-0.25, -0.2) is 13.6 Å². The van der Waals surface area contributed by atoms with Crippen molar-refractivity contribution in [3.8, 4) is 0 Å². The van der Waals surface area contributed by atoms with Gasteiger partial charge in [0.05, 0.1) is 0 Å². The lowest BCUT2D eigenvalue weighted by Crippen LogP contribution is -2.48. The summed E-state index contributed by atoms with van der Waals surface area (Å²) in [5, 5.41) is 0. The van der Waals surface area contributed by atoms with E-state index in [1.54, 1.807) is 11.0 Å². The molecule has 3 fully saturated rings. The van der Waals surface area contributed by atoms with Crippen molar-refractivity contribution in [3.63, 3.8) is 0 Å². The lowest BCUT2D eigenvalue weighted by molar-refractivity contribution is -0.130. The van der Waals surface area contributed by atoms with Gasteiger partial charge in [-0.3, -0.25) is 14.6 Å². The first-order valence-corrected chi connectivity index (χ1v) is 8.84. The maximum absolute atomic E-state index is 13.3. The number of likely N-dealkylation sites (tertiary alicyclic amines) is 1. The molecule has 1 aromatic carbocycles. The summed E-state index contributed by atoms with van der Waals surface area (Å²) in [7, 11) is 0. The summed E-state index contributed by atoms with van der Waals surface area (Å²) in [6.07, 6.45) is 3.13. The number of rotatable bonds is 3. The Bertz CT molecular complexity index is 682. The van der Waals surface area contributed by atoms with Crippen LogP contribution in [0.5, 0.6) is 0 Å². The fraction of sp³-hybridized carbons (Fsp3) is 0.556. The largest absolute Gasteiger partial charge is 0.327 e. The van der Waals surface area contributed by atoms with E-state index < -0.39 is 11.6 Å². The van der Waals surface area contributed by atoms with Crippen molar-refractivity contribution in [2.75, 3.05) is 19.6 Å². The third-order valence-electron chi connectivity index (χ3n) is 5.54. The minimum Gasteiger partial charge on any atom is -0.312 e. The molecular weight excluding hydrogens is 328 g/mol. The minimum absolute atomic E-state index is 0.0402. The molecule has 0 unspecified atom stereocenters. The van der Waals surface area contributed by atoms with Crippen LogP contribution in [0.25, 0.3) is 0 Å². The molecule has 0 aromatic heterocycles. The van der Waals surface area contributed by atoms with Gasteiger partial charge in [0.2, 0.25) is 0 Å². The van der Waals surface area contributed by atoms with Crippen LogP contribution in [-0.2, 0) is 11.3 Å². The highest BCUT2D eigenvalue weighted by Crippen LogP contribution is 2.31. The molecule has 7 heteroatoms.